The third kappa shape index (κ3) is 8.47. The van der Waals surface area contributed by atoms with Crippen molar-refractivity contribution in [3.05, 3.63) is 0 Å². The Balaban J connectivity index is 1.62. The summed E-state index contributed by atoms with van der Waals surface area (Å²) in [5.41, 5.74) is 11.9. The highest BCUT2D eigenvalue weighted by Crippen LogP contribution is 2.40. The highest BCUT2D eigenvalue weighted by molar-refractivity contribution is 5.79. The molecule has 0 aromatic heterocycles. The van der Waals surface area contributed by atoms with Gasteiger partial charge in [0.1, 0.15) is 61.5 Å². The first-order chi connectivity index (χ1) is 25.1. The number of nitrogens with two attached hydrogens (primary N) is 2. The maximum absolute atomic E-state index is 13.2. The van der Waals surface area contributed by atoms with E-state index >= 15 is 0 Å². The Morgan fingerprint density at radius 3 is 1.96 bits per heavy atom. The molecule has 4 rings (SSSR count). The first-order valence-corrected chi connectivity index (χ1v) is 16.6. The smallest absolute Gasteiger partial charge is 0.367 e. The maximum atomic E-state index is 13.2. The number of hydrogen-bond donors (Lipinski definition) is 15. The number of esters is 1. The average molecular weight is 790 g/mol. The second-order valence-electron chi connectivity index (χ2n) is 13.7. The molecule has 0 unspecified atom stereocenters. The predicted octanol–water partition coefficient (Wildman–Crippen LogP) is -9.40. The van der Waals surface area contributed by atoms with Crippen LogP contribution in [0.1, 0.15) is 26.2 Å². The number of rotatable bonds is 13. The molecule has 4 saturated heterocycles. The van der Waals surface area contributed by atoms with Gasteiger partial charge in [-0.15, -0.1) is 0 Å². The molecule has 4 heterocycles. The van der Waals surface area contributed by atoms with Gasteiger partial charge in [-0.3, -0.25) is 4.79 Å². The lowest BCUT2D eigenvalue weighted by Gasteiger charge is -2.51. The molecule has 1 amide bonds. The Morgan fingerprint density at radius 1 is 0.833 bits per heavy atom. The molecule has 0 saturated carbocycles. The topological polar surface area (TPSA) is 430 Å². The van der Waals surface area contributed by atoms with E-state index in [-0.39, 0.29) is 0 Å². The summed E-state index contributed by atoms with van der Waals surface area (Å²) in [5, 5.41) is 127. The molecule has 17 N–H and O–H groups in total. The fourth-order valence-corrected chi connectivity index (χ4v) is 6.80. The number of carbonyl (C=O) groups is 4. The number of amides is 1. The second kappa shape index (κ2) is 16.7. The van der Waals surface area contributed by atoms with Gasteiger partial charge in [0, 0.05) is 26.2 Å². The Labute approximate surface area is 304 Å². The fraction of sp³-hybridized carbons (Fsp3) is 0.862. The molecule has 0 bridgehead atoms. The number of aliphatic hydroxyl groups excluding tert-OH is 9. The quantitative estimate of drug-likeness (QED) is 0.0770. The van der Waals surface area contributed by atoms with Crippen LogP contribution in [0.3, 0.4) is 0 Å². The van der Waals surface area contributed by atoms with Crippen LogP contribution in [0.15, 0.2) is 0 Å². The summed E-state index contributed by atoms with van der Waals surface area (Å²) >= 11 is 0. The number of cyclic esters (lactones) is 1. The van der Waals surface area contributed by atoms with E-state index in [9.17, 15) is 80.5 Å². The lowest BCUT2D eigenvalue weighted by atomic mass is 9.87. The largest absolute Gasteiger partial charge is 0.477 e. The molecule has 25 heteroatoms. The van der Waals surface area contributed by atoms with Crippen molar-refractivity contribution in [3.8, 4) is 0 Å². The first kappa shape index (κ1) is 43.9. The third-order valence-corrected chi connectivity index (χ3v) is 9.78. The molecule has 0 aliphatic carbocycles. The van der Waals surface area contributed by atoms with Crippen molar-refractivity contribution in [2.24, 2.45) is 11.5 Å². The van der Waals surface area contributed by atoms with E-state index in [1.807, 2.05) is 0 Å². The molecule has 0 radical (unpaired) electrons. The fourth-order valence-electron chi connectivity index (χ4n) is 6.80. The molecule has 25 nitrogen and oxygen atoms in total. The number of aliphatic carboxylic acids is 2. The number of carboxylic acid groups (broad SMARTS) is 2. The second-order valence-corrected chi connectivity index (χ2v) is 13.7. The summed E-state index contributed by atoms with van der Waals surface area (Å²) in [6.07, 6.45) is -26.6. The Hall–Kier alpha value is -2.80. The van der Waals surface area contributed by atoms with Gasteiger partial charge in [-0.25, -0.2) is 14.4 Å². The van der Waals surface area contributed by atoms with Gasteiger partial charge in [0.05, 0.1) is 49.7 Å². The van der Waals surface area contributed by atoms with Crippen LogP contribution in [-0.4, -0.2) is 214 Å². The van der Waals surface area contributed by atoms with Gasteiger partial charge >= 0.3 is 17.9 Å². The number of ether oxygens (including phenoxy) is 6. The third-order valence-electron chi connectivity index (χ3n) is 9.78. The van der Waals surface area contributed by atoms with Gasteiger partial charge in [-0.1, -0.05) is 0 Å². The van der Waals surface area contributed by atoms with Gasteiger partial charge in [-0.2, -0.15) is 0 Å². The lowest BCUT2D eigenvalue weighted by Crippen LogP contribution is -2.72. The molecule has 1 spiro atoms. The summed E-state index contributed by atoms with van der Waals surface area (Å²) in [6.45, 7) is -2.11. The molecule has 0 aromatic carbocycles. The zero-order valence-electron chi connectivity index (χ0n) is 28.5. The minimum absolute atomic E-state index is 0.770. The number of hydrogen-bond acceptors (Lipinski definition) is 22. The molecule has 4 fully saturated rings. The number of nitrogens with one attached hydrogen (secondary N) is 1. The van der Waals surface area contributed by atoms with Crippen molar-refractivity contribution in [1.82, 2.24) is 5.32 Å². The Kier molecular flexibility index (Phi) is 13.6. The van der Waals surface area contributed by atoms with Crippen LogP contribution >= 0.6 is 0 Å². The van der Waals surface area contributed by atoms with E-state index in [0.717, 1.165) is 6.92 Å². The molecular weight excluding hydrogens is 742 g/mol. The monoisotopic (exact) mass is 789 g/mol. The van der Waals surface area contributed by atoms with E-state index in [2.05, 4.69) is 5.32 Å². The average Bonchev–Trinajstić information content (AvgIpc) is 3.10. The predicted molar refractivity (Wildman–Crippen MR) is 165 cm³/mol. The van der Waals surface area contributed by atoms with Gasteiger partial charge in [0.2, 0.25) is 5.91 Å². The van der Waals surface area contributed by atoms with E-state index in [1.54, 1.807) is 0 Å². The summed E-state index contributed by atoms with van der Waals surface area (Å²) in [5.74, 6) is -15.0. The summed E-state index contributed by atoms with van der Waals surface area (Å²) in [4.78, 5) is 49.4. The molecule has 310 valence electrons. The molecule has 0 aromatic rings. The van der Waals surface area contributed by atoms with E-state index in [1.165, 1.54) is 0 Å². The zero-order chi connectivity index (χ0) is 40.7. The molecular formula is C29H47N3O22. The van der Waals surface area contributed by atoms with Crippen molar-refractivity contribution >= 4 is 23.8 Å². The zero-order valence-corrected chi connectivity index (χ0v) is 28.5. The summed E-state index contributed by atoms with van der Waals surface area (Å²) in [6, 6.07) is -4.79. The molecule has 18 atom stereocenters. The standard InChI is InChI=1S/C29H47N3O22/c1-8(35)32-17-11(38)2-27(48,24(43)44)52-23(17)20(42)14-7-49-26(47)29(51-14)4-10(37)16(31)22(54-29)19(41)13(6-34)50-28(25(45)46)3-9(36)15(30)21(53-28)18(40)12(39)5-33/h9-23,33-34,36-42,48H,2-7,30-31H2,1H3,(H,32,35)(H,43,44)(H,45,46)/t9-,10-,11-,12+,13-,14+,15+,16+,17+,18+,19+,20+,21+,22+,23+,27-,28+,29-/m0/s1. The SMILES string of the molecule is CC(=O)N[C@H]1[C@H]([C@H](O)[C@H]2COC(=O)[C@@]3(C[C@H](O)[C@@H](N)[C@H]([C@H](O)[C@H](CO)O[C@]4(C(=O)O)C[C@H](O)[C@@H](N)[C@H]([C@H](O)[C@H](O)CO)O4)O3)O2)O[C@](O)(C(=O)O)C[C@@H]1O. The van der Waals surface area contributed by atoms with Crippen molar-refractivity contribution < 1.29 is 109 Å². The minimum Gasteiger partial charge on any atom is -0.477 e. The van der Waals surface area contributed by atoms with Crippen LogP contribution in [-0.2, 0) is 47.6 Å². The molecule has 4 aliphatic rings. The minimum atomic E-state index is -3.07. The van der Waals surface area contributed by atoms with Crippen molar-refractivity contribution in [3.63, 3.8) is 0 Å². The lowest BCUT2D eigenvalue weighted by molar-refractivity contribution is -0.365. The van der Waals surface area contributed by atoms with Gasteiger partial charge in [0.15, 0.2) is 0 Å². The molecule has 54 heavy (non-hydrogen) atoms. The highest BCUT2D eigenvalue weighted by atomic mass is 16.8. The first-order valence-electron chi connectivity index (χ1n) is 16.6. The summed E-state index contributed by atoms with van der Waals surface area (Å²) < 4.78 is 32.8. The number of aliphatic hydroxyl groups is 10. The van der Waals surface area contributed by atoms with Crippen LogP contribution in [0.25, 0.3) is 0 Å². The highest BCUT2D eigenvalue weighted by Gasteiger charge is 2.62. The maximum Gasteiger partial charge on any atom is 0.367 e. The summed E-state index contributed by atoms with van der Waals surface area (Å²) in [7, 11) is 0. The molecule has 4 aliphatic heterocycles. The van der Waals surface area contributed by atoms with Crippen LogP contribution < -0.4 is 16.8 Å². The van der Waals surface area contributed by atoms with Gasteiger partial charge in [0.25, 0.3) is 17.4 Å². The van der Waals surface area contributed by atoms with Crippen LogP contribution in [0.5, 0.6) is 0 Å². The van der Waals surface area contributed by atoms with Crippen molar-refractivity contribution in [2.45, 2.75) is 135 Å². The van der Waals surface area contributed by atoms with Gasteiger partial charge < -0.3 is 106 Å². The van der Waals surface area contributed by atoms with E-state index in [0.29, 0.717) is 0 Å². The van der Waals surface area contributed by atoms with Crippen LogP contribution in [0.2, 0.25) is 0 Å². The van der Waals surface area contributed by atoms with Crippen LogP contribution in [0, 0.1) is 0 Å². The number of carbonyl (C=O) groups excluding carboxylic acids is 2. The van der Waals surface area contributed by atoms with Crippen molar-refractivity contribution in [2.75, 3.05) is 19.8 Å². The van der Waals surface area contributed by atoms with E-state index in [4.69, 9.17) is 39.9 Å². The van der Waals surface area contributed by atoms with E-state index < -0.39 is 172 Å². The normalized spacial score (nSPS) is 42.9. The Morgan fingerprint density at radius 2 is 1.43 bits per heavy atom. The van der Waals surface area contributed by atoms with Crippen molar-refractivity contribution in [1.29, 1.82) is 0 Å². The Bertz CT molecular complexity index is 1380. The van der Waals surface area contributed by atoms with Gasteiger partial charge in [-0.05, 0) is 0 Å². The number of carboxylic acids is 2. The van der Waals surface area contributed by atoms with Crippen LogP contribution in [0.4, 0.5) is 0 Å².